The smallest absolute Gasteiger partial charge is 0.184 e. The van der Waals surface area contributed by atoms with E-state index < -0.39 is 8.32 Å². The Morgan fingerprint density at radius 2 is 1.93 bits per heavy atom. The average molecular weight is 413 g/mol. The number of ketones is 1. The van der Waals surface area contributed by atoms with E-state index in [0.717, 1.165) is 25.7 Å². The van der Waals surface area contributed by atoms with Crippen molar-refractivity contribution < 1.29 is 9.22 Å². The highest BCUT2D eigenvalue weighted by atomic mass is 28.4. The SMILES string of the molecule is CC(=CCc1ccccc1C(C)(C)O[Si](C)(C)C)C1CCC2C(=O)CCCC21C. The number of Topliss-reactive ketones (excluding diaryl/α,β-unsaturated/α-hetero) is 1. The van der Waals surface area contributed by atoms with Crippen molar-refractivity contribution >= 4 is 14.1 Å². The van der Waals surface area contributed by atoms with Crippen molar-refractivity contribution in [2.75, 3.05) is 0 Å². The number of carbonyl (C=O) groups excluding carboxylic acids is 1. The van der Waals surface area contributed by atoms with Gasteiger partial charge in [-0.3, -0.25) is 4.79 Å². The van der Waals surface area contributed by atoms with Crippen LogP contribution in [0.5, 0.6) is 0 Å². The van der Waals surface area contributed by atoms with Crippen LogP contribution in [-0.4, -0.2) is 14.1 Å². The van der Waals surface area contributed by atoms with E-state index in [-0.39, 0.29) is 11.0 Å². The summed E-state index contributed by atoms with van der Waals surface area (Å²) in [6, 6.07) is 8.74. The summed E-state index contributed by atoms with van der Waals surface area (Å²) in [6.07, 6.45) is 8.69. The summed E-state index contributed by atoms with van der Waals surface area (Å²) in [5.41, 5.74) is 4.03. The summed E-state index contributed by atoms with van der Waals surface area (Å²) in [5, 5.41) is 0. The number of fused-ring (bicyclic) bond motifs is 1. The van der Waals surface area contributed by atoms with Gasteiger partial charge >= 0.3 is 0 Å². The van der Waals surface area contributed by atoms with Gasteiger partial charge in [-0.25, -0.2) is 0 Å². The third-order valence-corrected chi connectivity index (χ3v) is 8.41. The van der Waals surface area contributed by atoms with E-state index in [2.05, 4.69) is 77.7 Å². The van der Waals surface area contributed by atoms with E-state index in [4.69, 9.17) is 4.43 Å². The molecule has 1 aromatic rings. The second-order valence-corrected chi connectivity index (χ2v) is 15.5. The Morgan fingerprint density at radius 1 is 1.24 bits per heavy atom. The summed E-state index contributed by atoms with van der Waals surface area (Å²) in [7, 11) is -1.65. The van der Waals surface area contributed by atoms with Gasteiger partial charge in [0.2, 0.25) is 0 Å². The van der Waals surface area contributed by atoms with Crippen molar-refractivity contribution in [1.29, 1.82) is 0 Å². The molecule has 0 heterocycles. The maximum atomic E-state index is 12.5. The van der Waals surface area contributed by atoms with Crippen LogP contribution in [0.2, 0.25) is 19.6 Å². The molecule has 1 aromatic carbocycles. The molecule has 2 nitrogen and oxygen atoms in total. The maximum absolute atomic E-state index is 12.5. The summed E-state index contributed by atoms with van der Waals surface area (Å²) < 4.78 is 6.54. The number of carbonyl (C=O) groups is 1. The van der Waals surface area contributed by atoms with Crippen LogP contribution < -0.4 is 0 Å². The van der Waals surface area contributed by atoms with Gasteiger partial charge in [-0.2, -0.15) is 0 Å². The van der Waals surface area contributed by atoms with Crippen molar-refractivity contribution in [1.82, 2.24) is 0 Å². The van der Waals surface area contributed by atoms with E-state index in [9.17, 15) is 4.79 Å². The van der Waals surface area contributed by atoms with E-state index in [1.807, 2.05) is 0 Å². The molecule has 0 aromatic heterocycles. The fraction of sp³-hybridized carbons (Fsp3) is 0.654. The number of rotatable bonds is 6. The van der Waals surface area contributed by atoms with Crippen LogP contribution in [0, 0.1) is 17.3 Å². The Kier molecular flexibility index (Phi) is 6.32. The second kappa shape index (κ2) is 8.15. The molecule has 3 atom stereocenters. The first-order valence-electron chi connectivity index (χ1n) is 11.4. The molecule has 0 amide bonds. The minimum absolute atomic E-state index is 0.176. The van der Waals surface area contributed by atoms with Gasteiger partial charge in [0.25, 0.3) is 0 Å². The van der Waals surface area contributed by atoms with Crippen LogP contribution in [0.15, 0.2) is 35.9 Å². The third kappa shape index (κ3) is 4.77. The predicted molar refractivity (Wildman–Crippen MR) is 125 cm³/mol. The predicted octanol–water partition coefficient (Wildman–Crippen LogP) is 7.05. The van der Waals surface area contributed by atoms with Gasteiger partial charge < -0.3 is 4.43 Å². The molecule has 2 saturated carbocycles. The lowest BCUT2D eigenvalue weighted by Crippen LogP contribution is -2.37. The zero-order valence-electron chi connectivity index (χ0n) is 19.6. The minimum Gasteiger partial charge on any atom is -0.409 e. The molecule has 2 fully saturated rings. The fourth-order valence-electron chi connectivity index (χ4n) is 6.20. The Bertz CT molecular complexity index is 786. The number of hydrogen-bond acceptors (Lipinski definition) is 2. The van der Waals surface area contributed by atoms with Crippen LogP contribution in [0.25, 0.3) is 0 Å². The zero-order valence-corrected chi connectivity index (χ0v) is 20.6. The maximum Gasteiger partial charge on any atom is 0.184 e. The first-order chi connectivity index (χ1) is 13.4. The average Bonchev–Trinajstić information content (AvgIpc) is 2.96. The van der Waals surface area contributed by atoms with Crippen molar-refractivity contribution in [3.63, 3.8) is 0 Å². The number of allylic oxidation sites excluding steroid dienone is 2. The van der Waals surface area contributed by atoms with Crippen molar-refractivity contribution in [3.8, 4) is 0 Å². The van der Waals surface area contributed by atoms with Crippen molar-refractivity contribution in [2.45, 2.75) is 91.5 Å². The Labute approximate surface area is 179 Å². The lowest BCUT2D eigenvalue weighted by molar-refractivity contribution is -0.129. The molecule has 0 aliphatic heterocycles. The number of benzene rings is 1. The molecule has 160 valence electrons. The molecule has 0 radical (unpaired) electrons. The molecule has 2 aliphatic rings. The zero-order chi connectivity index (χ0) is 21.4. The standard InChI is InChI=1S/C26H40O2Si/c1-19(21-16-17-23-24(27)13-10-18-26(21,23)4)14-15-20-11-8-9-12-22(20)25(2,3)28-29(5,6)7/h8-9,11-12,14,21,23H,10,13,15-18H2,1-7H3. The fourth-order valence-corrected chi connectivity index (χ4v) is 7.84. The molecule has 3 heteroatoms. The van der Waals surface area contributed by atoms with Crippen molar-refractivity contribution in [2.24, 2.45) is 17.3 Å². The highest BCUT2D eigenvalue weighted by Gasteiger charge is 2.51. The highest BCUT2D eigenvalue weighted by molar-refractivity contribution is 6.69. The lowest BCUT2D eigenvalue weighted by atomic mass is 9.63. The molecule has 3 rings (SSSR count). The summed E-state index contributed by atoms with van der Waals surface area (Å²) in [4.78, 5) is 12.5. The summed E-state index contributed by atoms with van der Waals surface area (Å²) in [5.74, 6) is 1.36. The van der Waals surface area contributed by atoms with Crippen molar-refractivity contribution in [3.05, 3.63) is 47.0 Å². The van der Waals surface area contributed by atoms with Crippen LogP contribution in [0.4, 0.5) is 0 Å². The van der Waals surface area contributed by atoms with Gasteiger partial charge in [0.05, 0.1) is 5.60 Å². The first-order valence-corrected chi connectivity index (χ1v) is 14.8. The van der Waals surface area contributed by atoms with Crippen LogP contribution >= 0.6 is 0 Å². The second-order valence-electron chi connectivity index (χ2n) is 11.0. The lowest BCUT2D eigenvalue weighted by Gasteiger charge is -2.40. The molecule has 0 spiro atoms. The van der Waals surface area contributed by atoms with E-state index >= 15 is 0 Å². The molecule has 2 aliphatic carbocycles. The Balaban J connectivity index is 1.81. The van der Waals surface area contributed by atoms with Gasteiger partial charge in [-0.05, 0) is 95.0 Å². The normalized spacial score (nSPS) is 28.5. The largest absolute Gasteiger partial charge is 0.409 e. The van der Waals surface area contributed by atoms with Gasteiger partial charge in [0, 0.05) is 12.3 Å². The summed E-state index contributed by atoms with van der Waals surface area (Å²) >= 11 is 0. The monoisotopic (exact) mass is 412 g/mol. The molecule has 3 unspecified atom stereocenters. The molecular weight excluding hydrogens is 372 g/mol. The van der Waals surface area contributed by atoms with E-state index in [1.165, 1.54) is 29.5 Å². The molecule has 0 N–H and O–H groups in total. The molecule has 0 saturated heterocycles. The molecule has 0 bridgehead atoms. The van der Waals surface area contributed by atoms with Gasteiger partial charge in [-0.15, -0.1) is 0 Å². The molecule has 29 heavy (non-hydrogen) atoms. The third-order valence-electron chi connectivity index (χ3n) is 7.28. The molecular formula is C26H40O2Si. The van der Waals surface area contributed by atoms with Crippen LogP contribution in [0.1, 0.15) is 70.9 Å². The summed E-state index contributed by atoms with van der Waals surface area (Å²) in [6.45, 7) is 15.8. The van der Waals surface area contributed by atoms with Gasteiger partial charge in [-0.1, -0.05) is 42.8 Å². The van der Waals surface area contributed by atoms with Crippen LogP contribution in [0.3, 0.4) is 0 Å². The quantitative estimate of drug-likeness (QED) is 0.370. The Hall–Kier alpha value is -1.19. The topological polar surface area (TPSA) is 26.3 Å². The van der Waals surface area contributed by atoms with E-state index in [1.54, 1.807) is 0 Å². The first kappa shape index (κ1) is 22.5. The van der Waals surface area contributed by atoms with E-state index in [0.29, 0.717) is 17.6 Å². The number of hydrogen-bond donors (Lipinski definition) is 0. The Morgan fingerprint density at radius 3 is 2.62 bits per heavy atom. The minimum atomic E-state index is -1.65. The van der Waals surface area contributed by atoms with Gasteiger partial charge in [0.15, 0.2) is 8.32 Å². The van der Waals surface area contributed by atoms with Gasteiger partial charge in [0.1, 0.15) is 5.78 Å². The highest BCUT2D eigenvalue weighted by Crippen LogP contribution is 2.56. The van der Waals surface area contributed by atoms with Crippen LogP contribution in [-0.2, 0) is 21.2 Å².